The van der Waals surface area contributed by atoms with Gasteiger partial charge in [-0.1, -0.05) is 0 Å². The third kappa shape index (κ3) is 39.8. The molecule has 0 atom stereocenters. The van der Waals surface area contributed by atoms with Gasteiger partial charge in [-0.05, 0) is 6.92 Å². The van der Waals surface area contributed by atoms with Crippen LogP contribution < -0.4 is 5.73 Å². The number of primary amides is 1. The molecular weight excluding hydrogens is 122 g/mol. The highest BCUT2D eigenvalue weighted by molar-refractivity contribution is 5.64. The Bertz CT molecular complexity index is 65.2. The fourth-order valence-electron chi connectivity index (χ4n) is 0.142. The molecular formula is C5H13NO3. The van der Waals surface area contributed by atoms with Gasteiger partial charge in [0.05, 0.1) is 6.61 Å². The second kappa shape index (κ2) is 10.3. The highest BCUT2D eigenvalue weighted by Crippen LogP contribution is 1.66. The molecule has 0 unspecified atom stereocenters. The van der Waals surface area contributed by atoms with Crippen LogP contribution >= 0.6 is 0 Å². The van der Waals surface area contributed by atoms with Crippen molar-refractivity contribution in [1.82, 2.24) is 0 Å². The van der Waals surface area contributed by atoms with Gasteiger partial charge in [0.25, 0.3) is 0 Å². The third-order valence-corrected chi connectivity index (χ3v) is 0.287. The van der Waals surface area contributed by atoms with Crippen LogP contribution in [0.3, 0.4) is 0 Å². The van der Waals surface area contributed by atoms with Crippen LogP contribution in [-0.4, -0.2) is 26.9 Å². The van der Waals surface area contributed by atoms with Gasteiger partial charge >= 0.3 is 6.09 Å². The Hall–Kier alpha value is -0.770. The van der Waals surface area contributed by atoms with E-state index in [0.717, 1.165) is 0 Å². The van der Waals surface area contributed by atoms with Gasteiger partial charge < -0.3 is 15.2 Å². The molecule has 0 aromatic heterocycles. The first-order valence-corrected chi connectivity index (χ1v) is 2.51. The Morgan fingerprint density at radius 2 is 1.89 bits per heavy atom. The van der Waals surface area contributed by atoms with E-state index in [1.807, 2.05) is 0 Å². The molecule has 4 heteroatoms. The maximum atomic E-state index is 9.60. The molecule has 0 aromatic rings. The number of carbonyl (C=O) groups excluding carboxylic acids is 1. The van der Waals surface area contributed by atoms with E-state index in [0.29, 0.717) is 6.61 Å². The molecule has 0 aliphatic rings. The standard InChI is InChI=1S/C3H7NO2.C2H6O/c1-2-6-3(4)5;1-3-2/h2H2,1H3,(H2,4,5);1-2H3. The van der Waals surface area contributed by atoms with E-state index in [9.17, 15) is 4.79 Å². The van der Waals surface area contributed by atoms with Gasteiger partial charge in [0, 0.05) is 14.2 Å². The second-order valence-corrected chi connectivity index (χ2v) is 1.16. The van der Waals surface area contributed by atoms with E-state index in [-0.39, 0.29) is 0 Å². The number of methoxy groups -OCH3 is 1. The fraction of sp³-hybridized carbons (Fsp3) is 0.800. The average molecular weight is 135 g/mol. The first kappa shape index (κ1) is 11.1. The largest absolute Gasteiger partial charge is 0.450 e. The van der Waals surface area contributed by atoms with Gasteiger partial charge in [-0.15, -0.1) is 0 Å². The highest BCUT2D eigenvalue weighted by Gasteiger charge is 1.82. The number of rotatable bonds is 1. The Morgan fingerprint density at radius 1 is 1.56 bits per heavy atom. The smallest absolute Gasteiger partial charge is 0.404 e. The summed E-state index contributed by atoms with van der Waals surface area (Å²) < 4.78 is 8.43. The molecule has 2 N–H and O–H groups in total. The Kier molecular flexibility index (Phi) is 12.6. The summed E-state index contributed by atoms with van der Waals surface area (Å²) in [6.45, 7) is 2.06. The lowest BCUT2D eigenvalue weighted by Crippen LogP contribution is -2.11. The highest BCUT2D eigenvalue weighted by atomic mass is 16.5. The van der Waals surface area contributed by atoms with E-state index in [1.54, 1.807) is 21.1 Å². The molecule has 9 heavy (non-hydrogen) atoms. The van der Waals surface area contributed by atoms with Crippen LogP contribution in [0.4, 0.5) is 4.79 Å². The molecule has 0 spiro atoms. The molecule has 0 saturated carbocycles. The number of hydrogen-bond acceptors (Lipinski definition) is 3. The van der Waals surface area contributed by atoms with E-state index >= 15 is 0 Å². The zero-order chi connectivity index (χ0) is 7.70. The minimum atomic E-state index is -0.711. The average Bonchev–Trinajstić information content (AvgIpc) is 1.67. The molecule has 0 aliphatic heterocycles. The molecule has 0 radical (unpaired) electrons. The van der Waals surface area contributed by atoms with Crippen LogP contribution in [0, 0.1) is 0 Å². The van der Waals surface area contributed by atoms with Crippen molar-refractivity contribution in [2.24, 2.45) is 5.73 Å². The van der Waals surface area contributed by atoms with E-state index < -0.39 is 6.09 Å². The summed E-state index contributed by atoms with van der Waals surface area (Å²) >= 11 is 0. The summed E-state index contributed by atoms with van der Waals surface area (Å²) in [6.07, 6.45) is -0.711. The fourth-order valence-corrected chi connectivity index (χ4v) is 0.142. The number of amides is 1. The molecule has 0 aromatic carbocycles. The van der Waals surface area contributed by atoms with E-state index in [1.165, 1.54) is 0 Å². The van der Waals surface area contributed by atoms with Crippen LogP contribution in [0.1, 0.15) is 6.92 Å². The van der Waals surface area contributed by atoms with Crippen molar-refractivity contribution in [3.8, 4) is 0 Å². The van der Waals surface area contributed by atoms with Crippen LogP contribution in [0.5, 0.6) is 0 Å². The van der Waals surface area contributed by atoms with Crippen molar-refractivity contribution in [2.75, 3.05) is 20.8 Å². The zero-order valence-electron chi connectivity index (χ0n) is 6.01. The van der Waals surface area contributed by atoms with E-state index in [4.69, 9.17) is 0 Å². The summed E-state index contributed by atoms with van der Waals surface area (Å²) in [5.41, 5.74) is 4.54. The maximum absolute atomic E-state index is 9.60. The summed E-state index contributed by atoms with van der Waals surface area (Å²) in [5, 5.41) is 0. The molecule has 0 saturated heterocycles. The van der Waals surface area contributed by atoms with Crippen molar-refractivity contribution < 1.29 is 14.3 Å². The van der Waals surface area contributed by atoms with Crippen molar-refractivity contribution in [2.45, 2.75) is 6.92 Å². The Labute approximate surface area is 54.9 Å². The van der Waals surface area contributed by atoms with Gasteiger partial charge in [-0.3, -0.25) is 0 Å². The first-order chi connectivity index (χ1) is 4.18. The van der Waals surface area contributed by atoms with Crippen LogP contribution in [0.15, 0.2) is 0 Å². The molecule has 0 bridgehead atoms. The molecule has 0 fully saturated rings. The number of ether oxygens (including phenoxy) is 2. The minimum absolute atomic E-state index is 0.356. The van der Waals surface area contributed by atoms with Gasteiger partial charge in [0.2, 0.25) is 0 Å². The van der Waals surface area contributed by atoms with Gasteiger partial charge in [-0.25, -0.2) is 4.79 Å². The van der Waals surface area contributed by atoms with Crippen LogP contribution in [0.25, 0.3) is 0 Å². The number of hydrogen-bond donors (Lipinski definition) is 1. The van der Waals surface area contributed by atoms with Crippen LogP contribution in [-0.2, 0) is 9.47 Å². The lowest BCUT2D eigenvalue weighted by Gasteiger charge is -1.89. The summed E-state index contributed by atoms with van der Waals surface area (Å²) in [6, 6.07) is 0. The SMILES string of the molecule is CCOC(N)=O.COC. The van der Waals surface area contributed by atoms with Crippen molar-refractivity contribution in [3.63, 3.8) is 0 Å². The molecule has 0 rings (SSSR count). The summed E-state index contributed by atoms with van der Waals surface area (Å²) in [5.74, 6) is 0. The summed E-state index contributed by atoms with van der Waals surface area (Å²) in [4.78, 5) is 9.60. The normalized spacial score (nSPS) is 7.00. The molecule has 1 amide bonds. The summed E-state index contributed by atoms with van der Waals surface area (Å²) in [7, 11) is 3.25. The molecule has 0 heterocycles. The monoisotopic (exact) mass is 135 g/mol. The van der Waals surface area contributed by atoms with Gasteiger partial charge in [-0.2, -0.15) is 0 Å². The quantitative estimate of drug-likeness (QED) is 0.564. The second-order valence-electron chi connectivity index (χ2n) is 1.16. The van der Waals surface area contributed by atoms with Gasteiger partial charge in [0.15, 0.2) is 0 Å². The maximum Gasteiger partial charge on any atom is 0.404 e. The lowest BCUT2D eigenvalue weighted by atomic mass is 10.9. The van der Waals surface area contributed by atoms with Crippen molar-refractivity contribution >= 4 is 6.09 Å². The predicted molar refractivity (Wildman–Crippen MR) is 34.1 cm³/mol. The topological polar surface area (TPSA) is 61.5 Å². The zero-order valence-corrected chi connectivity index (χ0v) is 6.01. The lowest BCUT2D eigenvalue weighted by molar-refractivity contribution is 0.163. The minimum Gasteiger partial charge on any atom is -0.450 e. The van der Waals surface area contributed by atoms with Gasteiger partial charge in [0.1, 0.15) is 0 Å². The Morgan fingerprint density at radius 3 is 1.89 bits per heavy atom. The molecule has 56 valence electrons. The number of nitrogens with two attached hydrogens (primary N) is 1. The van der Waals surface area contributed by atoms with Crippen molar-refractivity contribution in [1.29, 1.82) is 0 Å². The van der Waals surface area contributed by atoms with Crippen LogP contribution in [0.2, 0.25) is 0 Å². The number of carbonyl (C=O) groups is 1. The first-order valence-electron chi connectivity index (χ1n) is 2.51. The molecule has 0 aliphatic carbocycles. The third-order valence-electron chi connectivity index (χ3n) is 0.287. The van der Waals surface area contributed by atoms with E-state index in [2.05, 4.69) is 15.2 Å². The van der Waals surface area contributed by atoms with Crippen molar-refractivity contribution in [3.05, 3.63) is 0 Å². The molecule has 4 nitrogen and oxygen atoms in total. The Balaban J connectivity index is 0. The predicted octanol–water partition coefficient (Wildman–Crippen LogP) is 0.364.